The second-order valence-corrected chi connectivity index (χ2v) is 8.63. The van der Waals surface area contributed by atoms with Gasteiger partial charge in [0.05, 0.1) is 11.1 Å². The van der Waals surface area contributed by atoms with Gasteiger partial charge < -0.3 is 9.32 Å². The molecule has 10 heteroatoms. The summed E-state index contributed by atoms with van der Waals surface area (Å²) in [6, 6.07) is 12.0. The maximum Gasteiger partial charge on any atom is 0.417 e. The van der Waals surface area contributed by atoms with E-state index in [-0.39, 0.29) is 24.1 Å². The highest BCUT2D eigenvalue weighted by Crippen LogP contribution is 2.32. The Morgan fingerprint density at radius 1 is 1.09 bits per heavy atom. The van der Waals surface area contributed by atoms with Gasteiger partial charge in [-0.15, -0.1) is 10.2 Å². The Hall–Kier alpha value is -3.69. The Morgan fingerprint density at radius 2 is 1.91 bits per heavy atom. The van der Waals surface area contributed by atoms with Crippen LogP contribution in [0.15, 0.2) is 59.1 Å². The third kappa shape index (κ3) is 4.78. The van der Waals surface area contributed by atoms with Crippen molar-refractivity contribution in [1.82, 2.24) is 19.5 Å². The van der Waals surface area contributed by atoms with Gasteiger partial charge in [-0.25, -0.2) is 4.39 Å². The summed E-state index contributed by atoms with van der Waals surface area (Å²) in [6.45, 7) is 0.924. The Balaban J connectivity index is 1.25. The maximum atomic E-state index is 14.0. The molecule has 0 N–H and O–H groups in total. The third-order valence-corrected chi connectivity index (χ3v) is 6.28. The molecule has 1 aliphatic heterocycles. The van der Waals surface area contributed by atoms with E-state index in [1.54, 1.807) is 35.2 Å². The minimum atomic E-state index is -4.47. The molecular weight excluding hydrogens is 464 g/mol. The summed E-state index contributed by atoms with van der Waals surface area (Å²) in [4.78, 5) is 14.6. The lowest BCUT2D eigenvalue weighted by Gasteiger charge is -2.32. The van der Waals surface area contributed by atoms with E-state index in [9.17, 15) is 22.4 Å². The summed E-state index contributed by atoms with van der Waals surface area (Å²) in [6.07, 6.45) is -1.49. The largest absolute Gasteiger partial charge is 0.461 e. The average molecular weight is 486 g/mol. The Labute approximate surface area is 198 Å². The molecule has 0 aliphatic carbocycles. The van der Waals surface area contributed by atoms with Gasteiger partial charge in [0.1, 0.15) is 23.2 Å². The Morgan fingerprint density at radius 3 is 2.71 bits per heavy atom. The molecule has 1 unspecified atom stereocenters. The molecule has 1 amide bonds. The summed E-state index contributed by atoms with van der Waals surface area (Å²) in [7, 11) is 0. The van der Waals surface area contributed by atoms with Crippen LogP contribution < -0.4 is 0 Å². The molecule has 182 valence electrons. The van der Waals surface area contributed by atoms with Crippen molar-refractivity contribution in [3.63, 3.8) is 0 Å². The second-order valence-electron chi connectivity index (χ2n) is 8.63. The highest BCUT2D eigenvalue weighted by atomic mass is 19.4. The molecule has 0 radical (unpaired) electrons. The first-order valence-electron chi connectivity index (χ1n) is 11.3. The van der Waals surface area contributed by atoms with Crippen molar-refractivity contribution >= 4 is 11.6 Å². The van der Waals surface area contributed by atoms with Gasteiger partial charge in [-0.05, 0) is 49.2 Å². The molecule has 1 fully saturated rings. The Kier molecular flexibility index (Phi) is 6.04. The molecular formula is C25H22F4N4O2. The van der Waals surface area contributed by atoms with Crippen LogP contribution in [0.1, 0.15) is 42.3 Å². The van der Waals surface area contributed by atoms with Crippen LogP contribution in [-0.2, 0) is 17.4 Å². The number of furan rings is 1. The fraction of sp³-hybridized carbons (Fsp3) is 0.320. The predicted octanol–water partition coefficient (Wildman–Crippen LogP) is 5.49. The maximum absolute atomic E-state index is 14.0. The van der Waals surface area contributed by atoms with Crippen molar-refractivity contribution in [2.24, 2.45) is 0 Å². The van der Waals surface area contributed by atoms with Gasteiger partial charge in [-0.2, -0.15) is 13.2 Å². The fourth-order valence-electron chi connectivity index (χ4n) is 4.48. The van der Waals surface area contributed by atoms with E-state index in [2.05, 4.69) is 10.2 Å². The number of pyridine rings is 1. The molecule has 4 aromatic rings. The van der Waals surface area contributed by atoms with Crippen LogP contribution in [0.5, 0.6) is 0 Å². The number of rotatable bonds is 5. The normalized spacial score (nSPS) is 16.7. The number of fused-ring (bicyclic) bond motifs is 1. The van der Waals surface area contributed by atoms with Crippen LogP contribution in [-0.4, -0.2) is 38.5 Å². The average Bonchev–Trinajstić information content (AvgIpc) is 3.49. The van der Waals surface area contributed by atoms with E-state index >= 15 is 0 Å². The van der Waals surface area contributed by atoms with Gasteiger partial charge in [0.25, 0.3) is 0 Å². The molecule has 1 atom stereocenters. The number of aryl methyl sites for hydroxylation is 1. The van der Waals surface area contributed by atoms with Crippen LogP contribution in [0.4, 0.5) is 17.6 Å². The molecule has 4 heterocycles. The smallest absolute Gasteiger partial charge is 0.417 e. The summed E-state index contributed by atoms with van der Waals surface area (Å²) in [5, 5.41) is 8.13. The summed E-state index contributed by atoms with van der Waals surface area (Å²) in [5.41, 5.74) is -0.0823. The number of hydrogen-bond acceptors (Lipinski definition) is 4. The van der Waals surface area contributed by atoms with Gasteiger partial charge in [0.15, 0.2) is 5.65 Å². The standard InChI is InChI=1S/C25H22F4N4O2/c26-20-6-2-1-5-19(20)21-10-8-18(35-21)9-12-23(34)32-13-3-4-16(14-32)24-31-30-22-11-7-17(15-33(22)24)25(27,28)29/h1-2,5-8,10-11,15-16H,3-4,9,12-14H2. The van der Waals surface area contributed by atoms with Gasteiger partial charge in [-0.1, -0.05) is 12.1 Å². The second kappa shape index (κ2) is 9.16. The first kappa shape index (κ1) is 23.1. The van der Waals surface area contributed by atoms with Crippen molar-refractivity contribution in [3.05, 3.63) is 77.7 Å². The van der Waals surface area contributed by atoms with Gasteiger partial charge in [0, 0.05) is 38.0 Å². The summed E-state index contributed by atoms with van der Waals surface area (Å²) >= 11 is 0. The predicted molar refractivity (Wildman–Crippen MR) is 119 cm³/mol. The quantitative estimate of drug-likeness (QED) is 0.350. The molecule has 0 bridgehead atoms. The topological polar surface area (TPSA) is 63.6 Å². The van der Waals surface area contributed by atoms with Crippen LogP contribution in [0.2, 0.25) is 0 Å². The Bertz CT molecular complexity index is 1360. The molecule has 35 heavy (non-hydrogen) atoms. The number of aromatic nitrogens is 3. The monoisotopic (exact) mass is 486 g/mol. The van der Waals surface area contributed by atoms with Crippen LogP contribution in [0.3, 0.4) is 0 Å². The van der Waals surface area contributed by atoms with Crippen molar-refractivity contribution in [1.29, 1.82) is 0 Å². The molecule has 1 aliphatic rings. The number of carbonyl (C=O) groups excluding carboxylic acids is 1. The molecule has 1 saturated heterocycles. The van der Waals surface area contributed by atoms with Crippen molar-refractivity contribution in [2.75, 3.05) is 13.1 Å². The van der Waals surface area contributed by atoms with Crippen molar-refractivity contribution in [3.8, 4) is 11.3 Å². The van der Waals surface area contributed by atoms with E-state index in [1.165, 1.54) is 16.5 Å². The number of alkyl halides is 3. The van der Waals surface area contributed by atoms with Crippen molar-refractivity contribution < 1.29 is 26.8 Å². The van der Waals surface area contributed by atoms with E-state index < -0.39 is 11.7 Å². The molecule has 5 rings (SSSR count). The molecule has 1 aromatic carbocycles. The summed E-state index contributed by atoms with van der Waals surface area (Å²) < 4.78 is 60.6. The lowest BCUT2D eigenvalue weighted by atomic mass is 9.96. The SMILES string of the molecule is O=C(CCc1ccc(-c2ccccc2F)o1)N1CCCC(c2nnc3ccc(C(F)(F)F)cn23)C1. The van der Waals surface area contributed by atoms with Gasteiger partial charge in [-0.3, -0.25) is 9.20 Å². The van der Waals surface area contributed by atoms with Gasteiger partial charge in [0.2, 0.25) is 5.91 Å². The number of amides is 1. The van der Waals surface area contributed by atoms with E-state index in [0.29, 0.717) is 60.9 Å². The lowest BCUT2D eigenvalue weighted by molar-refractivity contribution is -0.137. The molecule has 0 saturated carbocycles. The van der Waals surface area contributed by atoms with Crippen LogP contribution in [0.25, 0.3) is 17.0 Å². The number of nitrogens with zero attached hydrogens (tertiary/aromatic N) is 4. The highest BCUT2D eigenvalue weighted by molar-refractivity contribution is 5.76. The molecule has 3 aromatic heterocycles. The zero-order valence-corrected chi connectivity index (χ0v) is 18.6. The lowest BCUT2D eigenvalue weighted by Crippen LogP contribution is -2.39. The first-order chi connectivity index (χ1) is 16.8. The number of piperidine rings is 1. The number of halogens is 4. The van der Waals surface area contributed by atoms with E-state index in [4.69, 9.17) is 4.42 Å². The highest BCUT2D eigenvalue weighted by Gasteiger charge is 2.32. The number of hydrogen-bond donors (Lipinski definition) is 0. The molecule has 0 spiro atoms. The number of benzene rings is 1. The van der Waals surface area contributed by atoms with Gasteiger partial charge >= 0.3 is 6.18 Å². The zero-order chi connectivity index (χ0) is 24.6. The zero-order valence-electron chi connectivity index (χ0n) is 18.6. The van der Waals surface area contributed by atoms with E-state index in [0.717, 1.165) is 12.3 Å². The van der Waals surface area contributed by atoms with Crippen molar-refractivity contribution in [2.45, 2.75) is 37.8 Å². The van der Waals surface area contributed by atoms with E-state index in [1.807, 2.05) is 0 Å². The van der Waals surface area contributed by atoms with Crippen LogP contribution in [0, 0.1) is 5.82 Å². The first-order valence-corrected chi connectivity index (χ1v) is 11.3. The molecule has 6 nitrogen and oxygen atoms in total. The minimum Gasteiger partial charge on any atom is -0.461 e. The fourth-order valence-corrected chi connectivity index (χ4v) is 4.48. The summed E-state index contributed by atoms with van der Waals surface area (Å²) in [5.74, 6) is 0.718. The number of carbonyl (C=O) groups is 1. The minimum absolute atomic E-state index is 0.0802. The van der Waals surface area contributed by atoms with Crippen LogP contribution >= 0.6 is 0 Å². The third-order valence-electron chi connectivity index (χ3n) is 6.28. The number of likely N-dealkylation sites (tertiary alicyclic amines) is 1.